The van der Waals surface area contributed by atoms with Crippen molar-refractivity contribution in [3.05, 3.63) is 0 Å². The molecule has 6 heavy (non-hydrogen) atoms. The Labute approximate surface area is 260 Å². The molecule has 0 aliphatic carbocycles. The predicted molar refractivity (Wildman–Crippen MR) is 0 cm³/mol. The van der Waals surface area contributed by atoms with Gasteiger partial charge in [-0.1, -0.05) is 0 Å². The van der Waals surface area contributed by atoms with Gasteiger partial charge in [-0.05, 0) is 0 Å². The maximum Gasteiger partial charge on any atom is 0 e. The first-order valence-corrected chi connectivity index (χ1v) is 0. The fraction of sp³-hybridized carbons (Fsp3) is 0. The molecule has 0 aliphatic rings. The van der Waals surface area contributed by atoms with Gasteiger partial charge < -0.3 is 0 Å². The van der Waals surface area contributed by atoms with Crippen LogP contribution in [0.25, 0.3) is 0 Å². The molecule has 0 saturated carbocycles. The zero-order valence-corrected chi connectivity index (χ0v) is 11.6. The first-order chi connectivity index (χ1) is 0. The monoisotopic (exact) mass is 608 g/mol. The van der Waals surface area contributed by atoms with Crippen LogP contribution in [-0.2, 0) is 0 Å². The first-order valence-electron chi connectivity index (χ1n) is 0. The molecular weight excluding hydrogens is 605 g/mol. The van der Waals surface area contributed by atoms with Crippen molar-refractivity contribution in [2.24, 2.45) is 0 Å². The van der Waals surface area contributed by atoms with E-state index in [4.69, 9.17) is 0 Å². The van der Waals surface area contributed by atoms with Gasteiger partial charge in [0.15, 0.2) is 0 Å². The molecule has 0 N–H and O–H groups in total. The quantitative estimate of drug-likeness (QED) is 0.366. The van der Waals surface area contributed by atoms with Gasteiger partial charge >= 0.3 is 0 Å². The third kappa shape index (κ3) is 23.0. The van der Waals surface area contributed by atoms with Crippen LogP contribution < -0.4 is 0 Å². The molecule has 0 amide bonds. The Morgan fingerprint density at radius 1 is 0.333 bits per heavy atom. The number of hydrogen-bond donors (Lipinski definition) is 0. The Hall–Kier alpha value is 8.81. The normalized spacial score (nSPS) is 0. The summed E-state index contributed by atoms with van der Waals surface area (Å²) in [6, 6.07) is 0. The van der Waals surface area contributed by atoms with E-state index in [2.05, 4.69) is 0 Å². The summed E-state index contributed by atoms with van der Waals surface area (Å²) >= 11 is 0. The van der Waals surface area contributed by atoms with Crippen LogP contribution in [0.3, 0.4) is 0 Å². The molecule has 0 radical (unpaired) electrons. The van der Waals surface area contributed by atoms with E-state index in [-0.39, 0.29) is 271 Å². The van der Waals surface area contributed by atoms with Crippen molar-refractivity contribution < 1.29 is 271 Å². The molecule has 0 saturated heterocycles. The van der Waals surface area contributed by atoms with E-state index in [1.165, 1.54) is 0 Å². The van der Waals surface area contributed by atoms with Gasteiger partial charge in [0.1, 0.15) is 0 Å². The second-order valence-electron chi connectivity index (χ2n) is 0. The minimum atomic E-state index is 0. The summed E-state index contributed by atoms with van der Waals surface area (Å²) in [6.07, 6.45) is 0. The van der Waals surface area contributed by atoms with Gasteiger partial charge in [0.25, 0.3) is 0 Å². The Morgan fingerprint density at radius 3 is 0.333 bits per heavy atom. The van der Waals surface area contributed by atoms with Crippen LogP contribution in [0.15, 0.2) is 0 Å². The summed E-state index contributed by atoms with van der Waals surface area (Å²) in [4.78, 5) is 0. The van der Waals surface area contributed by atoms with Crippen molar-refractivity contribution >= 4 is 0 Å². The molecule has 0 fully saturated rings. The van der Waals surface area contributed by atoms with Crippen LogP contribution in [0, 0.1) is 271 Å². The van der Waals surface area contributed by atoms with Crippen LogP contribution in [0.2, 0.25) is 0 Å². The molecule has 0 nitrogen and oxygen atoms in total. The van der Waals surface area contributed by atoms with Crippen molar-refractivity contribution in [2.45, 2.75) is 0 Å². The first kappa shape index (κ1) is 36.4. The van der Waals surface area contributed by atoms with Crippen molar-refractivity contribution in [2.75, 3.05) is 0 Å². The van der Waals surface area contributed by atoms with E-state index in [0.29, 0.717) is 0 Å². The minimum absolute atomic E-state index is 0. The van der Waals surface area contributed by atoms with E-state index >= 15 is 0 Å². The van der Waals surface area contributed by atoms with Gasteiger partial charge in [-0.15, -0.1) is 0 Å². The van der Waals surface area contributed by atoms with Crippen molar-refractivity contribution in [1.82, 2.24) is 0 Å². The molecule has 0 unspecified atom stereocenters. The maximum atomic E-state index is 0. The van der Waals surface area contributed by atoms with Crippen LogP contribution in [0.5, 0.6) is 0 Å². The van der Waals surface area contributed by atoms with Crippen LogP contribution in [0.1, 0.15) is 0 Å². The summed E-state index contributed by atoms with van der Waals surface area (Å²) in [5, 5.41) is 0. The van der Waals surface area contributed by atoms with Gasteiger partial charge in [0.05, 0.1) is 0 Å². The molecule has 0 aromatic heterocycles. The van der Waals surface area contributed by atoms with Crippen molar-refractivity contribution in [1.29, 1.82) is 0 Å². The van der Waals surface area contributed by atoms with Crippen LogP contribution in [-0.4, -0.2) is 0 Å². The molecule has 0 spiro atoms. The average molecular weight is 605 g/mol. The predicted octanol–water partition coefficient (Wildman–Crippen LogP) is 0. The van der Waals surface area contributed by atoms with Gasteiger partial charge in [0, 0.05) is 271 Å². The van der Waals surface area contributed by atoms with E-state index < -0.39 is 0 Å². The molecule has 6 heteroatoms. The largest absolute Gasteiger partial charge is 0 e. The summed E-state index contributed by atoms with van der Waals surface area (Å²) in [6.45, 7) is 0. The minimum Gasteiger partial charge on any atom is 0 e. The molecule has 0 aliphatic heterocycles. The average Bonchev–Trinajstić information content (AvgIpc) is 0. The third-order valence-corrected chi connectivity index (χ3v) is 0. The second kappa shape index (κ2) is 29.2. The van der Waals surface area contributed by atoms with Gasteiger partial charge in [-0.2, -0.15) is 0 Å². The summed E-state index contributed by atoms with van der Waals surface area (Å²) in [5.74, 6) is 0. The van der Waals surface area contributed by atoms with E-state index in [9.17, 15) is 0 Å². The standard InChI is InChI=1S/2Ar.4Xe. The molecule has 48 valence electrons. The number of hydrogen-bond acceptors (Lipinski definition) is 0. The smallest absolute Gasteiger partial charge is 0 e. The topological polar surface area (TPSA) is 0 Å². The molecule has 0 rings (SSSR count). The molecule has 0 atom stereocenters. The zero-order chi connectivity index (χ0) is 0. The summed E-state index contributed by atoms with van der Waals surface area (Å²) in [7, 11) is 0. The van der Waals surface area contributed by atoms with Gasteiger partial charge in [-0.3, -0.25) is 0 Å². The summed E-state index contributed by atoms with van der Waals surface area (Å²) in [5.41, 5.74) is 0. The molecule has 0 aromatic carbocycles. The van der Waals surface area contributed by atoms with Gasteiger partial charge in [-0.25, -0.2) is 0 Å². The Bertz CT molecular complexity index is 5.51. The molecule has 0 aromatic rings. The molecule has 0 bridgehead atoms. The van der Waals surface area contributed by atoms with Crippen molar-refractivity contribution in [3.8, 4) is 0 Å². The fourth-order valence-corrected chi connectivity index (χ4v) is 0. The fourth-order valence-electron chi connectivity index (χ4n) is 0. The Balaban J connectivity index is 0. The maximum absolute atomic E-state index is 0. The third-order valence-electron chi connectivity index (χ3n) is 0. The van der Waals surface area contributed by atoms with E-state index in [1.54, 1.807) is 0 Å². The molecular formula is Ar2Xe4. The van der Waals surface area contributed by atoms with Crippen LogP contribution >= 0.6 is 0 Å². The Morgan fingerprint density at radius 2 is 0.333 bits per heavy atom. The van der Waals surface area contributed by atoms with Crippen molar-refractivity contribution in [3.63, 3.8) is 0 Å². The van der Waals surface area contributed by atoms with Gasteiger partial charge in [0.2, 0.25) is 0 Å². The SMILES string of the molecule is [Ar].[Ar].[Xe].[Xe].[Xe].[Xe]. The van der Waals surface area contributed by atoms with Crippen LogP contribution in [0.4, 0.5) is 0 Å². The van der Waals surface area contributed by atoms with E-state index in [0.717, 1.165) is 0 Å². The summed E-state index contributed by atoms with van der Waals surface area (Å²) < 4.78 is 0. The molecule has 0 heterocycles. The Kier molecular flexibility index (Phi) is 177. The zero-order valence-electron chi connectivity index (χ0n) is 2.12. The second-order valence-corrected chi connectivity index (χ2v) is 0. The number of rotatable bonds is 0. The van der Waals surface area contributed by atoms with E-state index in [1.807, 2.05) is 0 Å².